The van der Waals surface area contributed by atoms with E-state index < -0.39 is 0 Å². The third kappa shape index (κ3) is 1.98. The molecule has 2 atom stereocenters. The molecule has 0 amide bonds. The van der Waals surface area contributed by atoms with Crippen LogP contribution in [0.4, 0.5) is 0 Å². The number of aryl methyl sites for hydroxylation is 2. The molecule has 2 N–H and O–H groups in total. The number of rotatable bonds is 4. The lowest BCUT2D eigenvalue weighted by Gasteiger charge is -2.19. The summed E-state index contributed by atoms with van der Waals surface area (Å²) in [6, 6.07) is 0.493. The van der Waals surface area contributed by atoms with Crippen molar-refractivity contribution in [2.45, 2.75) is 52.0 Å². The minimum Gasteiger partial charge on any atom is -0.330 e. The van der Waals surface area contributed by atoms with Crippen molar-refractivity contribution in [2.75, 3.05) is 6.54 Å². The summed E-state index contributed by atoms with van der Waals surface area (Å²) < 4.78 is 2.16. The average Bonchev–Trinajstić information content (AvgIpc) is 2.93. The minimum atomic E-state index is 0.493. The Hall–Kier alpha value is -0.900. The lowest BCUT2D eigenvalue weighted by Crippen LogP contribution is -2.23. The molecule has 0 radical (unpaired) electrons. The maximum Gasteiger partial charge on any atom is 0.150 e. The van der Waals surface area contributed by atoms with E-state index in [1.165, 1.54) is 19.3 Å². The van der Waals surface area contributed by atoms with Gasteiger partial charge in [-0.25, -0.2) is 9.67 Å². The highest BCUT2D eigenvalue weighted by Crippen LogP contribution is 2.35. The molecule has 2 rings (SSSR count). The van der Waals surface area contributed by atoms with Gasteiger partial charge in [-0.2, -0.15) is 5.10 Å². The Morgan fingerprint density at radius 3 is 2.75 bits per heavy atom. The van der Waals surface area contributed by atoms with Crippen LogP contribution >= 0.6 is 0 Å². The molecule has 0 aromatic carbocycles. The molecule has 4 heteroatoms. The van der Waals surface area contributed by atoms with Crippen LogP contribution in [0.2, 0.25) is 0 Å². The van der Waals surface area contributed by atoms with Gasteiger partial charge in [-0.15, -0.1) is 0 Å². The maximum absolute atomic E-state index is 5.83. The van der Waals surface area contributed by atoms with Crippen molar-refractivity contribution < 1.29 is 0 Å². The summed E-state index contributed by atoms with van der Waals surface area (Å²) in [7, 11) is 0. The molecular weight excluding hydrogens is 200 g/mol. The van der Waals surface area contributed by atoms with Gasteiger partial charge < -0.3 is 5.73 Å². The fourth-order valence-electron chi connectivity index (χ4n) is 2.68. The number of nitrogens with two attached hydrogens (primary N) is 1. The second-order valence-corrected chi connectivity index (χ2v) is 4.59. The van der Waals surface area contributed by atoms with Crippen molar-refractivity contribution in [1.82, 2.24) is 14.8 Å². The standard InChI is InChI=1S/C12H22N4/c1-3-11-14-12(4-2)16(15-11)10-7-5-6-9(10)8-13/h9-10H,3-8,13H2,1-2H3. The van der Waals surface area contributed by atoms with Gasteiger partial charge in [0.15, 0.2) is 5.82 Å². The molecule has 0 aliphatic heterocycles. The molecule has 16 heavy (non-hydrogen) atoms. The third-order valence-corrected chi connectivity index (χ3v) is 3.61. The van der Waals surface area contributed by atoms with Crippen molar-refractivity contribution in [1.29, 1.82) is 0 Å². The quantitative estimate of drug-likeness (QED) is 0.843. The van der Waals surface area contributed by atoms with Crippen molar-refractivity contribution in [2.24, 2.45) is 11.7 Å². The maximum atomic E-state index is 5.83. The van der Waals surface area contributed by atoms with Crippen LogP contribution in [0, 0.1) is 5.92 Å². The molecule has 0 saturated heterocycles. The Balaban J connectivity index is 2.27. The van der Waals surface area contributed by atoms with Crippen LogP contribution in [-0.4, -0.2) is 21.3 Å². The number of hydrogen-bond donors (Lipinski definition) is 1. The van der Waals surface area contributed by atoms with Crippen LogP contribution in [0.3, 0.4) is 0 Å². The minimum absolute atomic E-state index is 0.493. The second-order valence-electron chi connectivity index (χ2n) is 4.59. The molecule has 1 heterocycles. The molecule has 1 aliphatic carbocycles. The fraction of sp³-hybridized carbons (Fsp3) is 0.833. The van der Waals surface area contributed by atoms with E-state index in [0.29, 0.717) is 12.0 Å². The number of hydrogen-bond acceptors (Lipinski definition) is 3. The van der Waals surface area contributed by atoms with E-state index in [0.717, 1.165) is 31.0 Å². The summed E-state index contributed by atoms with van der Waals surface area (Å²) in [5, 5.41) is 4.63. The zero-order valence-corrected chi connectivity index (χ0v) is 10.3. The molecular formula is C12H22N4. The molecule has 1 aromatic rings. The van der Waals surface area contributed by atoms with Gasteiger partial charge in [-0.3, -0.25) is 0 Å². The normalized spacial score (nSPS) is 25.2. The van der Waals surface area contributed by atoms with Crippen LogP contribution in [0.1, 0.15) is 50.8 Å². The van der Waals surface area contributed by atoms with E-state index in [1.54, 1.807) is 0 Å². The van der Waals surface area contributed by atoms with Crippen molar-refractivity contribution in [3.8, 4) is 0 Å². The first-order valence-electron chi connectivity index (χ1n) is 6.44. The van der Waals surface area contributed by atoms with Crippen molar-refractivity contribution >= 4 is 0 Å². The highest BCUT2D eigenvalue weighted by molar-refractivity contribution is 4.97. The molecule has 90 valence electrons. The lowest BCUT2D eigenvalue weighted by molar-refractivity contribution is 0.347. The van der Waals surface area contributed by atoms with E-state index >= 15 is 0 Å². The van der Waals surface area contributed by atoms with Crippen LogP contribution < -0.4 is 5.73 Å². The molecule has 1 aliphatic rings. The molecule has 2 unspecified atom stereocenters. The number of aromatic nitrogens is 3. The van der Waals surface area contributed by atoms with Gasteiger partial charge in [-0.05, 0) is 25.3 Å². The summed E-state index contributed by atoms with van der Waals surface area (Å²) in [5.41, 5.74) is 5.83. The summed E-state index contributed by atoms with van der Waals surface area (Å²) >= 11 is 0. The van der Waals surface area contributed by atoms with Gasteiger partial charge in [-0.1, -0.05) is 20.3 Å². The lowest BCUT2D eigenvalue weighted by atomic mass is 10.0. The van der Waals surface area contributed by atoms with Crippen molar-refractivity contribution in [3.05, 3.63) is 11.6 Å². The molecule has 1 aromatic heterocycles. The SMILES string of the molecule is CCc1nc(CC)n(C2CCCC2CN)n1. The summed E-state index contributed by atoms with van der Waals surface area (Å²) in [5.74, 6) is 2.69. The Kier molecular flexibility index (Phi) is 3.59. The van der Waals surface area contributed by atoms with Crippen LogP contribution in [0.5, 0.6) is 0 Å². The molecule has 4 nitrogen and oxygen atoms in total. The first-order chi connectivity index (χ1) is 7.80. The van der Waals surface area contributed by atoms with Gasteiger partial charge in [0, 0.05) is 12.8 Å². The Morgan fingerprint density at radius 1 is 1.31 bits per heavy atom. The first-order valence-corrected chi connectivity index (χ1v) is 6.44. The summed E-state index contributed by atoms with van der Waals surface area (Å²) in [4.78, 5) is 4.57. The van der Waals surface area contributed by atoms with Crippen LogP contribution in [0.15, 0.2) is 0 Å². The predicted octanol–water partition coefficient (Wildman–Crippen LogP) is 1.70. The zero-order valence-electron chi connectivity index (χ0n) is 10.3. The third-order valence-electron chi connectivity index (χ3n) is 3.61. The topological polar surface area (TPSA) is 56.7 Å². The van der Waals surface area contributed by atoms with E-state index in [-0.39, 0.29) is 0 Å². The van der Waals surface area contributed by atoms with Gasteiger partial charge in [0.2, 0.25) is 0 Å². The summed E-state index contributed by atoms with van der Waals surface area (Å²) in [6.45, 7) is 5.02. The van der Waals surface area contributed by atoms with E-state index in [4.69, 9.17) is 5.73 Å². The van der Waals surface area contributed by atoms with E-state index in [2.05, 4.69) is 28.6 Å². The van der Waals surface area contributed by atoms with Crippen LogP contribution in [-0.2, 0) is 12.8 Å². The van der Waals surface area contributed by atoms with Gasteiger partial charge in [0.25, 0.3) is 0 Å². The predicted molar refractivity (Wildman–Crippen MR) is 64.2 cm³/mol. The second kappa shape index (κ2) is 4.95. The Labute approximate surface area is 97.2 Å². The molecule has 1 saturated carbocycles. The smallest absolute Gasteiger partial charge is 0.150 e. The fourth-order valence-corrected chi connectivity index (χ4v) is 2.68. The monoisotopic (exact) mass is 222 g/mol. The highest BCUT2D eigenvalue weighted by atomic mass is 15.4. The molecule has 0 spiro atoms. The van der Waals surface area contributed by atoms with E-state index in [9.17, 15) is 0 Å². The van der Waals surface area contributed by atoms with Gasteiger partial charge in [0.05, 0.1) is 6.04 Å². The van der Waals surface area contributed by atoms with Gasteiger partial charge in [0.1, 0.15) is 5.82 Å². The molecule has 0 bridgehead atoms. The van der Waals surface area contributed by atoms with E-state index in [1.807, 2.05) is 0 Å². The highest BCUT2D eigenvalue weighted by Gasteiger charge is 2.30. The Bertz CT molecular complexity index is 345. The first kappa shape index (κ1) is 11.6. The largest absolute Gasteiger partial charge is 0.330 e. The summed E-state index contributed by atoms with van der Waals surface area (Å²) in [6.07, 6.45) is 5.60. The number of nitrogens with zero attached hydrogens (tertiary/aromatic N) is 3. The Morgan fingerprint density at radius 2 is 2.12 bits per heavy atom. The zero-order chi connectivity index (χ0) is 11.5. The molecule has 1 fully saturated rings. The average molecular weight is 222 g/mol. The van der Waals surface area contributed by atoms with Crippen molar-refractivity contribution in [3.63, 3.8) is 0 Å². The van der Waals surface area contributed by atoms with Gasteiger partial charge >= 0.3 is 0 Å². The van der Waals surface area contributed by atoms with Crippen LogP contribution in [0.25, 0.3) is 0 Å².